The van der Waals surface area contributed by atoms with Crippen molar-refractivity contribution in [2.45, 2.75) is 51.5 Å². The Hall–Kier alpha value is -2.96. The predicted molar refractivity (Wildman–Crippen MR) is 105 cm³/mol. The van der Waals surface area contributed by atoms with E-state index >= 15 is 0 Å². The van der Waals surface area contributed by atoms with E-state index in [1.807, 2.05) is 12.1 Å². The van der Waals surface area contributed by atoms with Crippen LogP contribution in [0.15, 0.2) is 36.7 Å². The Labute approximate surface area is 159 Å². The SMILES string of the molecule is CC(=O)Nc1cccc(Nc2cnc(C(=O)NC3CCCCCC3)cn2)c1. The highest BCUT2D eigenvalue weighted by molar-refractivity contribution is 5.92. The maximum Gasteiger partial charge on any atom is 0.271 e. The molecule has 2 aromatic rings. The van der Waals surface area contributed by atoms with Crippen molar-refractivity contribution in [1.29, 1.82) is 0 Å². The molecular weight excluding hydrogens is 342 g/mol. The third-order valence-corrected chi connectivity index (χ3v) is 4.53. The molecule has 0 radical (unpaired) electrons. The van der Waals surface area contributed by atoms with Gasteiger partial charge in [0.05, 0.1) is 12.4 Å². The van der Waals surface area contributed by atoms with Crippen LogP contribution >= 0.6 is 0 Å². The first-order valence-corrected chi connectivity index (χ1v) is 9.38. The first-order valence-electron chi connectivity index (χ1n) is 9.38. The number of hydrogen-bond acceptors (Lipinski definition) is 5. The van der Waals surface area contributed by atoms with Crippen LogP contribution in [0, 0.1) is 0 Å². The molecule has 0 bridgehead atoms. The molecule has 0 saturated heterocycles. The normalized spacial score (nSPS) is 14.9. The van der Waals surface area contributed by atoms with E-state index in [1.54, 1.807) is 12.1 Å². The van der Waals surface area contributed by atoms with Crippen LogP contribution in [-0.4, -0.2) is 27.8 Å². The third kappa shape index (κ3) is 5.77. The van der Waals surface area contributed by atoms with Gasteiger partial charge in [0.2, 0.25) is 5.91 Å². The molecule has 27 heavy (non-hydrogen) atoms. The van der Waals surface area contributed by atoms with Gasteiger partial charge in [-0.3, -0.25) is 9.59 Å². The van der Waals surface area contributed by atoms with E-state index in [2.05, 4.69) is 25.9 Å². The van der Waals surface area contributed by atoms with Gasteiger partial charge < -0.3 is 16.0 Å². The number of hydrogen-bond donors (Lipinski definition) is 3. The molecule has 3 rings (SSSR count). The van der Waals surface area contributed by atoms with E-state index < -0.39 is 0 Å². The lowest BCUT2D eigenvalue weighted by Crippen LogP contribution is -2.34. The molecule has 3 N–H and O–H groups in total. The average Bonchev–Trinajstić information content (AvgIpc) is 2.91. The highest BCUT2D eigenvalue weighted by atomic mass is 16.2. The summed E-state index contributed by atoms with van der Waals surface area (Å²) in [6.07, 6.45) is 9.89. The molecule has 0 spiro atoms. The van der Waals surface area contributed by atoms with Crippen LogP contribution in [-0.2, 0) is 4.79 Å². The lowest BCUT2D eigenvalue weighted by molar-refractivity contribution is -0.114. The van der Waals surface area contributed by atoms with Crippen LogP contribution in [0.25, 0.3) is 0 Å². The van der Waals surface area contributed by atoms with E-state index in [1.165, 1.54) is 32.2 Å². The van der Waals surface area contributed by atoms with Crippen molar-refractivity contribution in [3.05, 3.63) is 42.4 Å². The summed E-state index contributed by atoms with van der Waals surface area (Å²) in [5, 5.41) is 8.91. The fourth-order valence-corrected chi connectivity index (χ4v) is 3.22. The Morgan fingerprint density at radius 1 is 1.00 bits per heavy atom. The number of rotatable bonds is 5. The van der Waals surface area contributed by atoms with E-state index in [-0.39, 0.29) is 17.9 Å². The molecule has 1 aliphatic carbocycles. The number of carbonyl (C=O) groups is 2. The van der Waals surface area contributed by atoms with Gasteiger partial charge in [-0.05, 0) is 31.0 Å². The molecule has 0 aliphatic heterocycles. The zero-order valence-electron chi connectivity index (χ0n) is 15.5. The lowest BCUT2D eigenvalue weighted by atomic mass is 10.1. The van der Waals surface area contributed by atoms with Crippen LogP contribution in [0.4, 0.5) is 17.2 Å². The molecule has 142 valence electrons. The fraction of sp³-hybridized carbons (Fsp3) is 0.400. The van der Waals surface area contributed by atoms with Gasteiger partial charge in [0.15, 0.2) is 0 Å². The van der Waals surface area contributed by atoms with Crippen molar-refractivity contribution in [2.75, 3.05) is 10.6 Å². The highest BCUT2D eigenvalue weighted by Crippen LogP contribution is 2.19. The van der Waals surface area contributed by atoms with Gasteiger partial charge >= 0.3 is 0 Å². The summed E-state index contributed by atoms with van der Waals surface area (Å²) in [6, 6.07) is 7.53. The minimum atomic E-state index is -0.173. The van der Waals surface area contributed by atoms with Gasteiger partial charge in [0, 0.05) is 24.3 Å². The van der Waals surface area contributed by atoms with Crippen LogP contribution in [0.5, 0.6) is 0 Å². The second-order valence-electron chi connectivity index (χ2n) is 6.84. The first kappa shape index (κ1) is 18.8. The highest BCUT2D eigenvalue weighted by Gasteiger charge is 2.16. The minimum Gasteiger partial charge on any atom is -0.348 e. The summed E-state index contributed by atoms with van der Waals surface area (Å²) in [5.74, 6) is 0.227. The summed E-state index contributed by atoms with van der Waals surface area (Å²) in [7, 11) is 0. The molecule has 2 amide bonds. The maximum atomic E-state index is 12.4. The number of amides is 2. The first-order chi connectivity index (χ1) is 13.1. The van der Waals surface area contributed by atoms with Crippen molar-refractivity contribution in [3.63, 3.8) is 0 Å². The standard InChI is InChI=1S/C20H25N5O2/c1-14(26)23-16-9-6-10-17(11-16)24-19-13-21-18(12-22-19)20(27)25-15-7-4-2-3-5-8-15/h6,9-13,15H,2-5,7-8H2,1H3,(H,22,24)(H,23,26)(H,25,27). The van der Waals surface area contributed by atoms with E-state index in [9.17, 15) is 9.59 Å². The third-order valence-electron chi connectivity index (χ3n) is 4.53. The van der Waals surface area contributed by atoms with Gasteiger partial charge in [-0.2, -0.15) is 0 Å². The van der Waals surface area contributed by atoms with Gasteiger partial charge in [0.25, 0.3) is 5.91 Å². The second kappa shape index (κ2) is 9.12. The summed E-state index contributed by atoms with van der Waals surface area (Å²) in [5.41, 5.74) is 1.78. The largest absolute Gasteiger partial charge is 0.348 e. The van der Waals surface area contributed by atoms with Crippen molar-refractivity contribution in [3.8, 4) is 0 Å². The maximum absolute atomic E-state index is 12.4. The predicted octanol–water partition coefficient (Wildman–Crippen LogP) is 3.63. The summed E-state index contributed by atoms with van der Waals surface area (Å²) in [4.78, 5) is 32.0. The molecule has 1 heterocycles. The van der Waals surface area contributed by atoms with E-state index in [0.717, 1.165) is 31.4 Å². The summed E-state index contributed by atoms with van der Waals surface area (Å²) in [6.45, 7) is 1.46. The Balaban J connectivity index is 1.59. The van der Waals surface area contributed by atoms with Gasteiger partial charge in [-0.15, -0.1) is 0 Å². The quantitative estimate of drug-likeness (QED) is 0.701. The molecule has 1 aliphatic rings. The van der Waals surface area contributed by atoms with Crippen LogP contribution in [0.2, 0.25) is 0 Å². The lowest BCUT2D eigenvalue weighted by Gasteiger charge is -2.15. The zero-order valence-corrected chi connectivity index (χ0v) is 15.5. The van der Waals surface area contributed by atoms with Crippen LogP contribution in [0.1, 0.15) is 55.9 Å². The number of nitrogens with zero attached hydrogens (tertiary/aromatic N) is 2. The molecule has 7 heteroatoms. The number of carbonyl (C=O) groups excluding carboxylic acids is 2. The number of aromatic nitrogens is 2. The number of nitrogens with one attached hydrogen (secondary N) is 3. The zero-order chi connectivity index (χ0) is 19.1. The molecular formula is C20H25N5O2. The fourth-order valence-electron chi connectivity index (χ4n) is 3.22. The van der Waals surface area contributed by atoms with Crippen LogP contribution in [0.3, 0.4) is 0 Å². The number of anilines is 3. The second-order valence-corrected chi connectivity index (χ2v) is 6.84. The minimum absolute atomic E-state index is 0.129. The van der Waals surface area contributed by atoms with Gasteiger partial charge in [-0.1, -0.05) is 31.7 Å². The topological polar surface area (TPSA) is 96.0 Å². The Morgan fingerprint density at radius 2 is 1.74 bits per heavy atom. The summed E-state index contributed by atoms with van der Waals surface area (Å²) >= 11 is 0. The van der Waals surface area contributed by atoms with Crippen molar-refractivity contribution < 1.29 is 9.59 Å². The van der Waals surface area contributed by atoms with Crippen molar-refractivity contribution in [1.82, 2.24) is 15.3 Å². The molecule has 7 nitrogen and oxygen atoms in total. The van der Waals surface area contributed by atoms with Crippen LogP contribution < -0.4 is 16.0 Å². The van der Waals surface area contributed by atoms with E-state index in [4.69, 9.17) is 0 Å². The molecule has 1 fully saturated rings. The molecule has 1 aromatic heterocycles. The smallest absolute Gasteiger partial charge is 0.271 e. The average molecular weight is 367 g/mol. The Bertz CT molecular complexity index is 783. The molecule has 0 atom stereocenters. The number of benzene rings is 1. The van der Waals surface area contributed by atoms with Gasteiger partial charge in [-0.25, -0.2) is 9.97 Å². The molecule has 1 aromatic carbocycles. The van der Waals surface area contributed by atoms with Gasteiger partial charge in [0.1, 0.15) is 11.5 Å². The molecule has 1 saturated carbocycles. The Morgan fingerprint density at radius 3 is 2.41 bits per heavy atom. The van der Waals surface area contributed by atoms with Crippen molar-refractivity contribution >= 4 is 29.0 Å². The Kier molecular flexibility index (Phi) is 6.35. The summed E-state index contributed by atoms with van der Waals surface area (Å²) < 4.78 is 0. The van der Waals surface area contributed by atoms with E-state index in [0.29, 0.717) is 17.2 Å². The van der Waals surface area contributed by atoms with Crippen molar-refractivity contribution in [2.24, 2.45) is 0 Å². The monoisotopic (exact) mass is 367 g/mol. The molecule has 0 unspecified atom stereocenters.